The van der Waals surface area contributed by atoms with E-state index in [2.05, 4.69) is 0 Å². The van der Waals surface area contributed by atoms with Crippen LogP contribution in [0, 0.1) is 0 Å². The highest BCUT2D eigenvalue weighted by Gasteiger charge is 2.20. The van der Waals surface area contributed by atoms with Crippen molar-refractivity contribution in [1.82, 2.24) is 0 Å². The van der Waals surface area contributed by atoms with Crippen molar-refractivity contribution in [3.8, 4) is 0 Å². The fourth-order valence-electron chi connectivity index (χ4n) is 1.82. The van der Waals surface area contributed by atoms with Gasteiger partial charge in [0, 0.05) is 6.42 Å². The first-order valence-corrected chi connectivity index (χ1v) is 6.26. The molecular weight excluding hydrogens is 218 g/mol. The number of allylic oxidation sites excluding steroid dienone is 1. The third kappa shape index (κ3) is 4.79. The summed E-state index contributed by atoms with van der Waals surface area (Å²) in [5.74, 6) is 0.373. The van der Waals surface area contributed by atoms with Gasteiger partial charge < -0.3 is 20.7 Å². The molecule has 0 aromatic rings. The topological polar surface area (TPSA) is 75.7 Å². The van der Waals surface area contributed by atoms with Gasteiger partial charge in [-0.15, -0.1) is 0 Å². The van der Waals surface area contributed by atoms with Gasteiger partial charge in [-0.25, -0.2) is 0 Å². The predicted octanol–water partition coefficient (Wildman–Crippen LogP) is 2.00. The Labute approximate surface area is 103 Å². The van der Waals surface area contributed by atoms with E-state index in [1.165, 1.54) is 0 Å². The van der Waals surface area contributed by atoms with Crippen molar-refractivity contribution in [2.75, 3.05) is 13.2 Å². The van der Waals surface area contributed by atoms with Gasteiger partial charge in [-0.2, -0.15) is 0 Å². The molecule has 0 spiro atoms. The summed E-state index contributed by atoms with van der Waals surface area (Å²) in [7, 11) is 0. The molecule has 0 saturated heterocycles. The third-order valence-corrected chi connectivity index (χ3v) is 2.82. The second kappa shape index (κ2) is 7.35. The van der Waals surface area contributed by atoms with Crippen molar-refractivity contribution in [3.05, 3.63) is 23.2 Å². The van der Waals surface area contributed by atoms with E-state index in [4.69, 9.17) is 10.5 Å². The summed E-state index contributed by atoms with van der Waals surface area (Å²) in [6.07, 6.45) is 5.65. The normalized spacial score (nSPS) is 20.4. The second-order valence-corrected chi connectivity index (χ2v) is 4.51. The summed E-state index contributed by atoms with van der Waals surface area (Å²) in [6.45, 7) is 3.22. The summed E-state index contributed by atoms with van der Waals surface area (Å²) in [6, 6.07) is 0. The first-order valence-electron chi connectivity index (χ1n) is 6.26. The lowest BCUT2D eigenvalue weighted by Crippen LogP contribution is -2.17. The number of unbranched alkanes of at least 4 members (excludes halogenated alkanes) is 3. The molecule has 4 heteroatoms. The molecule has 1 aliphatic carbocycles. The Morgan fingerprint density at radius 1 is 1.35 bits per heavy atom. The van der Waals surface area contributed by atoms with Crippen LogP contribution in [0.5, 0.6) is 0 Å². The monoisotopic (exact) mass is 241 g/mol. The Bertz CT molecular complexity index is 297. The smallest absolute Gasteiger partial charge is 0.163 e. The van der Waals surface area contributed by atoms with E-state index in [0.29, 0.717) is 18.8 Å². The lowest BCUT2D eigenvalue weighted by Gasteiger charge is -2.19. The number of hydrogen-bond acceptors (Lipinski definition) is 4. The van der Waals surface area contributed by atoms with Gasteiger partial charge in [0.2, 0.25) is 0 Å². The molecule has 1 aliphatic rings. The predicted molar refractivity (Wildman–Crippen MR) is 67.5 cm³/mol. The van der Waals surface area contributed by atoms with Crippen LogP contribution < -0.4 is 5.73 Å². The van der Waals surface area contributed by atoms with Crippen LogP contribution in [0.2, 0.25) is 0 Å². The summed E-state index contributed by atoms with van der Waals surface area (Å²) < 4.78 is 5.48. The van der Waals surface area contributed by atoms with E-state index in [9.17, 15) is 10.2 Å². The Kier molecular flexibility index (Phi) is 6.08. The largest absolute Gasteiger partial charge is 0.506 e. The van der Waals surface area contributed by atoms with Gasteiger partial charge in [-0.3, -0.25) is 0 Å². The Morgan fingerprint density at radius 3 is 2.76 bits per heavy atom. The zero-order chi connectivity index (χ0) is 12.7. The number of ether oxygens (including phenoxy) is 1. The minimum atomic E-state index is -0.813. The molecule has 0 saturated carbocycles. The van der Waals surface area contributed by atoms with Crippen molar-refractivity contribution in [2.45, 2.75) is 45.1 Å². The molecule has 0 aromatic carbocycles. The van der Waals surface area contributed by atoms with E-state index >= 15 is 0 Å². The average Bonchev–Trinajstić information content (AvgIpc) is 2.29. The number of aliphatic hydroxyl groups is 2. The molecule has 1 rings (SSSR count). The van der Waals surface area contributed by atoms with Crippen molar-refractivity contribution >= 4 is 0 Å². The first kappa shape index (κ1) is 14.1. The van der Waals surface area contributed by atoms with E-state index in [1.54, 1.807) is 6.08 Å². The molecule has 0 bridgehead atoms. The highest BCUT2D eigenvalue weighted by atomic mass is 16.5. The van der Waals surface area contributed by atoms with Crippen LogP contribution in [0.25, 0.3) is 0 Å². The van der Waals surface area contributed by atoms with Gasteiger partial charge in [0.25, 0.3) is 0 Å². The maximum atomic E-state index is 9.64. The summed E-state index contributed by atoms with van der Waals surface area (Å²) in [4.78, 5) is 0. The summed E-state index contributed by atoms with van der Waals surface area (Å²) in [5.41, 5.74) is 6.42. The molecule has 0 heterocycles. The van der Waals surface area contributed by atoms with Crippen molar-refractivity contribution in [1.29, 1.82) is 0 Å². The SMILES string of the molecule is CC1=CC(OCCCCCCN)=C(O)C(O)C1. The number of rotatable bonds is 7. The summed E-state index contributed by atoms with van der Waals surface area (Å²) in [5, 5.41) is 19.2. The molecule has 98 valence electrons. The highest BCUT2D eigenvalue weighted by molar-refractivity contribution is 5.28. The van der Waals surface area contributed by atoms with Crippen LogP contribution in [0.15, 0.2) is 23.2 Å². The minimum Gasteiger partial charge on any atom is -0.506 e. The molecule has 0 aliphatic heterocycles. The maximum absolute atomic E-state index is 9.64. The zero-order valence-corrected chi connectivity index (χ0v) is 10.5. The fourth-order valence-corrected chi connectivity index (χ4v) is 1.82. The molecule has 4 nitrogen and oxygen atoms in total. The molecule has 0 amide bonds. The van der Waals surface area contributed by atoms with Crippen LogP contribution in [0.3, 0.4) is 0 Å². The third-order valence-electron chi connectivity index (χ3n) is 2.82. The lowest BCUT2D eigenvalue weighted by atomic mass is 10.0. The van der Waals surface area contributed by atoms with Gasteiger partial charge >= 0.3 is 0 Å². The lowest BCUT2D eigenvalue weighted by molar-refractivity contribution is 0.119. The molecule has 0 radical (unpaired) electrons. The fraction of sp³-hybridized carbons (Fsp3) is 0.692. The van der Waals surface area contributed by atoms with Crippen LogP contribution >= 0.6 is 0 Å². The van der Waals surface area contributed by atoms with Gasteiger partial charge in [0.1, 0.15) is 6.10 Å². The standard InChI is InChI=1S/C13H23NO3/c1-10-8-11(15)13(16)12(9-10)17-7-5-3-2-4-6-14/h9,11,15-16H,2-8,14H2,1H3. The zero-order valence-electron chi connectivity index (χ0n) is 10.5. The van der Waals surface area contributed by atoms with Crippen LogP contribution in [0.1, 0.15) is 39.0 Å². The van der Waals surface area contributed by atoms with E-state index in [1.807, 2.05) is 6.92 Å². The van der Waals surface area contributed by atoms with Crippen molar-refractivity contribution < 1.29 is 14.9 Å². The maximum Gasteiger partial charge on any atom is 0.163 e. The van der Waals surface area contributed by atoms with Gasteiger partial charge in [0.05, 0.1) is 6.61 Å². The molecule has 17 heavy (non-hydrogen) atoms. The molecule has 1 unspecified atom stereocenters. The molecule has 4 N–H and O–H groups in total. The van der Waals surface area contributed by atoms with Gasteiger partial charge in [-0.1, -0.05) is 18.4 Å². The first-order chi connectivity index (χ1) is 8.15. The molecular formula is C13H23NO3. The highest BCUT2D eigenvalue weighted by Crippen LogP contribution is 2.23. The van der Waals surface area contributed by atoms with Crippen LogP contribution in [0.4, 0.5) is 0 Å². The van der Waals surface area contributed by atoms with Crippen molar-refractivity contribution in [3.63, 3.8) is 0 Å². The Morgan fingerprint density at radius 2 is 2.06 bits per heavy atom. The number of nitrogens with two attached hydrogens (primary N) is 1. The van der Waals surface area contributed by atoms with Crippen molar-refractivity contribution in [2.24, 2.45) is 5.73 Å². The van der Waals surface area contributed by atoms with Crippen LogP contribution in [-0.2, 0) is 4.74 Å². The number of aliphatic hydroxyl groups excluding tert-OH is 2. The summed E-state index contributed by atoms with van der Waals surface area (Å²) >= 11 is 0. The van der Waals surface area contributed by atoms with E-state index in [0.717, 1.165) is 37.8 Å². The average molecular weight is 241 g/mol. The van der Waals surface area contributed by atoms with E-state index < -0.39 is 6.10 Å². The molecule has 0 aromatic heterocycles. The van der Waals surface area contributed by atoms with Gasteiger partial charge in [-0.05, 0) is 32.4 Å². The Hall–Kier alpha value is -1.00. The van der Waals surface area contributed by atoms with E-state index in [-0.39, 0.29) is 5.76 Å². The second-order valence-electron chi connectivity index (χ2n) is 4.51. The van der Waals surface area contributed by atoms with Crippen LogP contribution in [-0.4, -0.2) is 29.5 Å². The molecule has 0 fully saturated rings. The van der Waals surface area contributed by atoms with Gasteiger partial charge in [0.15, 0.2) is 11.5 Å². The minimum absolute atomic E-state index is 0.0439. The quantitative estimate of drug-likeness (QED) is 0.596. The molecule has 1 atom stereocenters. The number of hydrogen-bond donors (Lipinski definition) is 3. The Balaban J connectivity index is 2.28.